The Morgan fingerprint density at radius 1 is 1.25 bits per heavy atom. The second-order valence-electron chi connectivity index (χ2n) is 4.41. The van der Waals surface area contributed by atoms with Gasteiger partial charge in [0.15, 0.2) is 0 Å². The Morgan fingerprint density at radius 3 is 2.65 bits per heavy atom. The predicted octanol–water partition coefficient (Wildman–Crippen LogP) is 4.37. The van der Waals surface area contributed by atoms with Crippen LogP contribution >= 0.6 is 11.6 Å². The van der Waals surface area contributed by atoms with Crippen molar-refractivity contribution in [3.63, 3.8) is 0 Å². The normalized spacial score (nSPS) is 12.0. The maximum Gasteiger partial charge on any atom is 0.147 e. The van der Waals surface area contributed by atoms with Crippen LogP contribution in [-0.2, 0) is 0 Å². The molecule has 5 heteroatoms. The average molecular weight is 296 g/mol. The number of ether oxygens (including phenoxy) is 1. The summed E-state index contributed by atoms with van der Waals surface area (Å²) in [6.07, 6.45) is 0. The van der Waals surface area contributed by atoms with E-state index in [2.05, 4.69) is 5.32 Å². The minimum atomic E-state index is -0.438. The lowest BCUT2D eigenvalue weighted by molar-refractivity contribution is 0.410. The molecule has 0 saturated carbocycles. The smallest absolute Gasteiger partial charge is 0.147 e. The van der Waals surface area contributed by atoms with E-state index in [0.717, 1.165) is 0 Å². The van der Waals surface area contributed by atoms with Crippen molar-refractivity contribution >= 4 is 17.3 Å². The molecule has 0 fully saturated rings. The van der Waals surface area contributed by atoms with Crippen LogP contribution in [0.3, 0.4) is 0 Å². The zero-order chi connectivity index (χ0) is 14.7. The second-order valence-corrected chi connectivity index (χ2v) is 4.85. The van der Waals surface area contributed by atoms with E-state index in [0.29, 0.717) is 22.0 Å². The third kappa shape index (κ3) is 3.14. The van der Waals surface area contributed by atoms with E-state index in [1.165, 1.54) is 6.07 Å². The minimum absolute atomic E-state index is 0.125. The topological polar surface area (TPSA) is 41.5 Å². The lowest BCUT2D eigenvalue weighted by Gasteiger charge is -2.18. The molecule has 0 heterocycles. The highest BCUT2D eigenvalue weighted by Gasteiger charge is 2.13. The first kappa shape index (κ1) is 14.5. The molecule has 2 aromatic carbocycles. The van der Waals surface area contributed by atoms with Crippen LogP contribution in [0.2, 0.25) is 5.02 Å². The molecule has 0 aliphatic heterocycles. The highest BCUT2D eigenvalue weighted by molar-refractivity contribution is 6.30. The number of methoxy groups -OCH3 is 1. The molecule has 0 bridgehead atoms. The monoisotopic (exact) mass is 295 g/mol. The summed E-state index contributed by atoms with van der Waals surface area (Å²) in [5.74, 6) is 0.315. The van der Waals surface area contributed by atoms with E-state index in [1.807, 2.05) is 6.92 Å². The van der Waals surface area contributed by atoms with Gasteiger partial charge in [-0.2, -0.15) is 0 Å². The molecule has 3 nitrogen and oxygen atoms in total. The Labute approximate surface area is 122 Å². The van der Waals surface area contributed by atoms with Crippen molar-refractivity contribution in [3.05, 3.63) is 52.8 Å². The molecule has 0 aromatic heterocycles. The lowest BCUT2D eigenvalue weighted by atomic mass is 10.1. The van der Waals surface area contributed by atoms with E-state index in [4.69, 9.17) is 16.3 Å². The Morgan fingerprint density at radius 2 is 2.00 bits per heavy atom. The van der Waals surface area contributed by atoms with Crippen LogP contribution in [0.25, 0.3) is 0 Å². The van der Waals surface area contributed by atoms with Crippen molar-refractivity contribution in [1.82, 2.24) is 0 Å². The van der Waals surface area contributed by atoms with Crippen molar-refractivity contribution in [3.8, 4) is 11.5 Å². The molecule has 20 heavy (non-hydrogen) atoms. The molecule has 2 aromatic rings. The van der Waals surface area contributed by atoms with Crippen molar-refractivity contribution in [2.75, 3.05) is 12.4 Å². The SMILES string of the molecule is COc1ccc(O)c(C(C)Nc2ccc(Cl)cc2F)c1. The van der Waals surface area contributed by atoms with Crippen molar-refractivity contribution in [2.45, 2.75) is 13.0 Å². The number of phenols is 1. The number of benzene rings is 2. The lowest BCUT2D eigenvalue weighted by Crippen LogP contribution is -2.08. The molecule has 1 atom stereocenters. The van der Waals surface area contributed by atoms with E-state index in [-0.39, 0.29) is 11.8 Å². The van der Waals surface area contributed by atoms with Crippen LogP contribution in [0.15, 0.2) is 36.4 Å². The van der Waals surface area contributed by atoms with Crippen molar-refractivity contribution in [2.24, 2.45) is 0 Å². The fraction of sp³-hybridized carbons (Fsp3) is 0.200. The fourth-order valence-electron chi connectivity index (χ4n) is 1.92. The molecule has 0 saturated heterocycles. The quantitative estimate of drug-likeness (QED) is 0.880. The van der Waals surface area contributed by atoms with E-state index in [9.17, 15) is 9.50 Å². The number of hydrogen-bond acceptors (Lipinski definition) is 3. The Kier molecular flexibility index (Phi) is 4.35. The van der Waals surface area contributed by atoms with E-state index in [1.54, 1.807) is 37.4 Å². The summed E-state index contributed by atoms with van der Waals surface area (Å²) in [6.45, 7) is 1.82. The molecule has 0 aliphatic rings. The van der Waals surface area contributed by atoms with Gasteiger partial charge in [-0.15, -0.1) is 0 Å². The number of phenolic OH excluding ortho intramolecular Hbond substituents is 1. The highest BCUT2D eigenvalue weighted by Crippen LogP contribution is 2.31. The third-order valence-corrected chi connectivity index (χ3v) is 3.24. The highest BCUT2D eigenvalue weighted by atomic mass is 35.5. The molecule has 0 spiro atoms. The maximum absolute atomic E-state index is 13.7. The predicted molar refractivity (Wildman–Crippen MR) is 78.1 cm³/mol. The van der Waals surface area contributed by atoms with E-state index < -0.39 is 5.82 Å². The summed E-state index contributed by atoms with van der Waals surface area (Å²) >= 11 is 5.71. The molecule has 0 radical (unpaired) electrons. The summed E-state index contributed by atoms with van der Waals surface area (Å²) in [6, 6.07) is 9.03. The zero-order valence-corrected chi connectivity index (χ0v) is 11.9. The molecule has 1 unspecified atom stereocenters. The summed E-state index contributed by atoms with van der Waals surface area (Å²) in [4.78, 5) is 0. The molecular weight excluding hydrogens is 281 g/mol. The van der Waals surface area contributed by atoms with Crippen LogP contribution in [0.5, 0.6) is 11.5 Å². The molecule has 106 valence electrons. The largest absolute Gasteiger partial charge is 0.508 e. The van der Waals surface area contributed by atoms with Gasteiger partial charge in [0.2, 0.25) is 0 Å². The average Bonchev–Trinajstić information content (AvgIpc) is 2.42. The van der Waals surface area contributed by atoms with Crippen LogP contribution < -0.4 is 10.1 Å². The first-order valence-corrected chi connectivity index (χ1v) is 6.47. The number of halogens is 2. The van der Waals surface area contributed by atoms with Gasteiger partial charge in [-0.1, -0.05) is 11.6 Å². The first-order valence-electron chi connectivity index (χ1n) is 6.09. The van der Waals surface area contributed by atoms with Gasteiger partial charge in [-0.25, -0.2) is 4.39 Å². The van der Waals surface area contributed by atoms with Crippen molar-refractivity contribution < 1.29 is 14.2 Å². The van der Waals surface area contributed by atoms with Gasteiger partial charge in [-0.05, 0) is 43.3 Å². The zero-order valence-electron chi connectivity index (χ0n) is 11.2. The summed E-state index contributed by atoms with van der Waals surface area (Å²) < 4.78 is 18.9. The molecular formula is C15H15ClFNO2. The summed E-state index contributed by atoms with van der Waals surface area (Å²) in [5.41, 5.74) is 0.947. The van der Waals surface area contributed by atoms with Gasteiger partial charge in [-0.3, -0.25) is 0 Å². The van der Waals surface area contributed by atoms with Gasteiger partial charge in [0, 0.05) is 10.6 Å². The van der Waals surface area contributed by atoms with Gasteiger partial charge >= 0.3 is 0 Å². The number of aromatic hydroxyl groups is 1. The van der Waals surface area contributed by atoms with Crippen LogP contribution in [-0.4, -0.2) is 12.2 Å². The second kappa shape index (κ2) is 6.01. The van der Waals surface area contributed by atoms with Gasteiger partial charge in [0.25, 0.3) is 0 Å². The first-order chi connectivity index (χ1) is 9.51. The third-order valence-electron chi connectivity index (χ3n) is 3.00. The Hall–Kier alpha value is -1.94. The molecule has 2 rings (SSSR count). The number of hydrogen-bond donors (Lipinski definition) is 2. The van der Waals surface area contributed by atoms with Crippen LogP contribution in [0, 0.1) is 5.82 Å². The van der Waals surface area contributed by atoms with Crippen LogP contribution in [0.4, 0.5) is 10.1 Å². The van der Waals surface area contributed by atoms with Gasteiger partial charge < -0.3 is 15.2 Å². The molecule has 2 N–H and O–H groups in total. The van der Waals surface area contributed by atoms with E-state index >= 15 is 0 Å². The van der Waals surface area contributed by atoms with Crippen LogP contribution in [0.1, 0.15) is 18.5 Å². The Balaban J connectivity index is 2.25. The Bertz CT molecular complexity index is 619. The number of rotatable bonds is 4. The van der Waals surface area contributed by atoms with Crippen molar-refractivity contribution in [1.29, 1.82) is 0 Å². The van der Waals surface area contributed by atoms with Gasteiger partial charge in [0.1, 0.15) is 17.3 Å². The number of anilines is 1. The standard InChI is InChI=1S/C15H15ClFNO2/c1-9(12-8-11(20-2)4-6-15(12)19)18-14-5-3-10(16)7-13(14)17/h3-9,18-19H,1-2H3. The fourth-order valence-corrected chi connectivity index (χ4v) is 2.08. The molecule has 0 aliphatic carbocycles. The van der Waals surface area contributed by atoms with Gasteiger partial charge in [0.05, 0.1) is 18.8 Å². The number of nitrogens with one attached hydrogen (secondary N) is 1. The summed E-state index contributed by atoms with van der Waals surface area (Å²) in [7, 11) is 1.55. The maximum atomic E-state index is 13.7. The minimum Gasteiger partial charge on any atom is -0.508 e. The molecule has 0 amide bonds. The summed E-state index contributed by atoms with van der Waals surface area (Å²) in [5, 5.41) is 13.2.